The maximum Gasteiger partial charge on any atom is 0.222 e. The van der Waals surface area contributed by atoms with Gasteiger partial charge in [-0.2, -0.15) is 5.10 Å². The first kappa shape index (κ1) is 13.8. The van der Waals surface area contributed by atoms with Crippen LogP contribution in [0.25, 0.3) is 10.9 Å². The van der Waals surface area contributed by atoms with E-state index in [-0.39, 0.29) is 5.91 Å². The maximum absolute atomic E-state index is 11.9. The van der Waals surface area contributed by atoms with Crippen LogP contribution in [0.3, 0.4) is 0 Å². The summed E-state index contributed by atoms with van der Waals surface area (Å²) >= 11 is 1.65. The number of carbonyl (C=O) groups excluding carboxylic acids is 1. The van der Waals surface area contributed by atoms with Gasteiger partial charge in [-0.1, -0.05) is 17.7 Å². The zero-order valence-corrected chi connectivity index (χ0v) is 12.7. The average molecular weight is 299 g/mol. The molecule has 4 nitrogen and oxygen atoms in total. The number of nitrogens with one attached hydrogen (secondary N) is 1. The number of rotatable bonds is 5. The van der Waals surface area contributed by atoms with Crippen molar-refractivity contribution in [3.63, 3.8) is 0 Å². The maximum atomic E-state index is 11.9. The van der Waals surface area contributed by atoms with Crippen molar-refractivity contribution in [2.75, 3.05) is 0 Å². The molecule has 0 aliphatic carbocycles. The molecule has 0 aliphatic heterocycles. The molecule has 0 bridgehead atoms. The van der Waals surface area contributed by atoms with Crippen LogP contribution in [0.1, 0.15) is 16.9 Å². The standard InChI is InChI=1S/C16H17N3OS/c1-12-4-5-15-13(9-12)10-18-19(15)7-6-16(20)17-11-14-3-2-8-21-14/h2-5,8-10H,6-7,11H2,1H3,(H,17,20). The lowest BCUT2D eigenvalue weighted by Gasteiger charge is -2.05. The molecular formula is C16H17N3OS. The van der Waals surface area contributed by atoms with Crippen LogP contribution in [-0.2, 0) is 17.9 Å². The summed E-state index contributed by atoms with van der Waals surface area (Å²) in [6, 6.07) is 10.2. The first-order valence-electron chi connectivity index (χ1n) is 6.93. The van der Waals surface area contributed by atoms with E-state index in [4.69, 9.17) is 0 Å². The first-order chi connectivity index (χ1) is 10.2. The van der Waals surface area contributed by atoms with Crippen LogP contribution in [-0.4, -0.2) is 15.7 Å². The third kappa shape index (κ3) is 3.31. The topological polar surface area (TPSA) is 46.9 Å². The average Bonchev–Trinajstić information content (AvgIpc) is 3.12. The first-order valence-corrected chi connectivity index (χ1v) is 7.81. The number of aromatic nitrogens is 2. The molecule has 5 heteroatoms. The fraction of sp³-hybridized carbons (Fsp3) is 0.250. The van der Waals surface area contributed by atoms with Crippen LogP contribution >= 0.6 is 11.3 Å². The van der Waals surface area contributed by atoms with Crippen molar-refractivity contribution < 1.29 is 4.79 Å². The van der Waals surface area contributed by atoms with Gasteiger partial charge in [-0.25, -0.2) is 0 Å². The molecule has 2 aromatic heterocycles. The van der Waals surface area contributed by atoms with E-state index < -0.39 is 0 Å². The van der Waals surface area contributed by atoms with Crippen molar-refractivity contribution in [3.8, 4) is 0 Å². The van der Waals surface area contributed by atoms with Gasteiger partial charge in [0.2, 0.25) is 5.91 Å². The van der Waals surface area contributed by atoms with Crippen LogP contribution in [0, 0.1) is 6.92 Å². The monoisotopic (exact) mass is 299 g/mol. The summed E-state index contributed by atoms with van der Waals surface area (Å²) in [4.78, 5) is 13.0. The third-order valence-electron chi connectivity index (χ3n) is 3.39. The van der Waals surface area contributed by atoms with Crippen molar-refractivity contribution >= 4 is 28.1 Å². The number of nitrogens with zero attached hydrogens (tertiary/aromatic N) is 2. The predicted molar refractivity (Wildman–Crippen MR) is 85.3 cm³/mol. The molecule has 3 aromatic rings. The number of fused-ring (bicyclic) bond motifs is 1. The number of amides is 1. The van der Waals surface area contributed by atoms with Gasteiger partial charge >= 0.3 is 0 Å². The smallest absolute Gasteiger partial charge is 0.222 e. The van der Waals surface area contributed by atoms with Crippen LogP contribution < -0.4 is 5.32 Å². The highest BCUT2D eigenvalue weighted by Crippen LogP contribution is 2.15. The lowest BCUT2D eigenvalue weighted by atomic mass is 10.2. The summed E-state index contributed by atoms with van der Waals surface area (Å²) < 4.78 is 1.89. The molecule has 0 unspecified atom stereocenters. The Hall–Kier alpha value is -2.14. The van der Waals surface area contributed by atoms with Gasteiger partial charge in [0.15, 0.2) is 0 Å². The molecule has 108 valence electrons. The number of hydrogen-bond donors (Lipinski definition) is 1. The molecule has 0 saturated heterocycles. The zero-order valence-electron chi connectivity index (χ0n) is 11.9. The van der Waals surface area contributed by atoms with E-state index in [0.29, 0.717) is 19.5 Å². The fourth-order valence-electron chi connectivity index (χ4n) is 2.28. The van der Waals surface area contributed by atoms with Gasteiger partial charge in [0.05, 0.1) is 24.8 Å². The van der Waals surface area contributed by atoms with Crippen LogP contribution in [0.5, 0.6) is 0 Å². The van der Waals surface area contributed by atoms with Crippen molar-refractivity contribution in [2.45, 2.75) is 26.4 Å². The van der Waals surface area contributed by atoms with Gasteiger partial charge in [-0.15, -0.1) is 11.3 Å². The van der Waals surface area contributed by atoms with E-state index in [1.807, 2.05) is 28.4 Å². The van der Waals surface area contributed by atoms with Crippen molar-refractivity contribution in [1.82, 2.24) is 15.1 Å². The summed E-state index contributed by atoms with van der Waals surface area (Å²) in [5.74, 6) is 0.0548. The SMILES string of the molecule is Cc1ccc2c(cnn2CCC(=O)NCc2cccs2)c1. The molecule has 1 aromatic carbocycles. The fourth-order valence-corrected chi connectivity index (χ4v) is 2.92. The molecule has 0 spiro atoms. The van der Waals surface area contributed by atoms with E-state index >= 15 is 0 Å². The summed E-state index contributed by atoms with van der Waals surface area (Å²) in [5, 5.41) is 10.4. The highest BCUT2D eigenvalue weighted by molar-refractivity contribution is 7.09. The van der Waals surface area contributed by atoms with Gasteiger partial charge in [-0.3, -0.25) is 9.48 Å². The molecule has 1 N–H and O–H groups in total. The van der Waals surface area contributed by atoms with Crippen molar-refractivity contribution in [3.05, 3.63) is 52.3 Å². The largest absolute Gasteiger partial charge is 0.351 e. The highest BCUT2D eigenvalue weighted by atomic mass is 32.1. The normalized spacial score (nSPS) is 10.9. The number of carbonyl (C=O) groups is 1. The quantitative estimate of drug-likeness (QED) is 0.787. The summed E-state index contributed by atoms with van der Waals surface area (Å²) in [7, 11) is 0. The second kappa shape index (κ2) is 6.10. The lowest BCUT2D eigenvalue weighted by Crippen LogP contribution is -2.23. The minimum atomic E-state index is 0.0548. The lowest BCUT2D eigenvalue weighted by molar-refractivity contribution is -0.121. The number of thiophene rings is 1. The molecule has 0 saturated carbocycles. The Morgan fingerprint density at radius 3 is 3.10 bits per heavy atom. The summed E-state index contributed by atoms with van der Waals surface area (Å²) in [5.41, 5.74) is 2.29. The Labute approximate surface area is 127 Å². The van der Waals surface area contributed by atoms with Crippen LogP contribution in [0.2, 0.25) is 0 Å². The minimum Gasteiger partial charge on any atom is -0.351 e. The van der Waals surface area contributed by atoms with E-state index in [1.54, 1.807) is 11.3 Å². The molecule has 0 fully saturated rings. The number of benzene rings is 1. The molecule has 0 radical (unpaired) electrons. The number of hydrogen-bond acceptors (Lipinski definition) is 3. The van der Waals surface area contributed by atoms with E-state index in [1.165, 1.54) is 10.4 Å². The van der Waals surface area contributed by atoms with Gasteiger partial charge in [0, 0.05) is 16.7 Å². The molecule has 3 rings (SSSR count). The Kier molecular flexibility index (Phi) is 4.01. The van der Waals surface area contributed by atoms with Gasteiger partial charge < -0.3 is 5.32 Å². The third-order valence-corrected chi connectivity index (χ3v) is 4.26. The Bertz CT molecular complexity index is 746. The Balaban J connectivity index is 1.57. The van der Waals surface area contributed by atoms with Crippen LogP contribution in [0.4, 0.5) is 0 Å². The second-order valence-electron chi connectivity index (χ2n) is 5.04. The van der Waals surface area contributed by atoms with E-state index in [2.05, 4.69) is 35.5 Å². The predicted octanol–water partition coefficient (Wildman–Crippen LogP) is 3.11. The molecular weight excluding hydrogens is 282 g/mol. The van der Waals surface area contributed by atoms with Crippen LogP contribution in [0.15, 0.2) is 41.9 Å². The van der Waals surface area contributed by atoms with E-state index in [9.17, 15) is 4.79 Å². The zero-order chi connectivity index (χ0) is 14.7. The Morgan fingerprint density at radius 1 is 1.38 bits per heavy atom. The molecule has 0 aliphatic rings. The summed E-state index contributed by atoms with van der Waals surface area (Å²) in [6.07, 6.45) is 2.29. The van der Waals surface area contributed by atoms with Gasteiger partial charge in [0.25, 0.3) is 0 Å². The van der Waals surface area contributed by atoms with E-state index in [0.717, 1.165) is 10.9 Å². The van der Waals surface area contributed by atoms with Crippen molar-refractivity contribution in [2.24, 2.45) is 0 Å². The van der Waals surface area contributed by atoms with Gasteiger partial charge in [-0.05, 0) is 30.5 Å². The highest BCUT2D eigenvalue weighted by Gasteiger charge is 2.06. The molecule has 21 heavy (non-hydrogen) atoms. The molecule has 0 atom stereocenters. The molecule has 1 amide bonds. The Morgan fingerprint density at radius 2 is 2.29 bits per heavy atom. The second-order valence-corrected chi connectivity index (χ2v) is 6.07. The number of aryl methyl sites for hydroxylation is 2. The minimum absolute atomic E-state index is 0.0548. The molecule has 2 heterocycles. The summed E-state index contributed by atoms with van der Waals surface area (Å²) in [6.45, 7) is 3.27. The van der Waals surface area contributed by atoms with Gasteiger partial charge in [0.1, 0.15) is 0 Å². The van der Waals surface area contributed by atoms with Crippen molar-refractivity contribution in [1.29, 1.82) is 0 Å².